The van der Waals surface area contributed by atoms with Crippen molar-refractivity contribution >= 4 is 28.5 Å². The zero-order valence-electron chi connectivity index (χ0n) is 11.1. The van der Waals surface area contributed by atoms with Crippen molar-refractivity contribution in [2.75, 3.05) is 0 Å². The van der Waals surface area contributed by atoms with Crippen molar-refractivity contribution in [1.82, 2.24) is 14.9 Å². The van der Waals surface area contributed by atoms with E-state index >= 15 is 0 Å². The summed E-state index contributed by atoms with van der Waals surface area (Å²) in [5.41, 5.74) is 0.855. The molecular formula is C14H15ClFN3O. The van der Waals surface area contributed by atoms with E-state index in [0.717, 1.165) is 12.8 Å². The predicted molar refractivity (Wildman–Crippen MR) is 75.1 cm³/mol. The number of fused-ring (bicyclic) bond motifs is 1. The van der Waals surface area contributed by atoms with Gasteiger partial charge in [0.25, 0.3) is 0 Å². The van der Waals surface area contributed by atoms with Crippen LogP contribution in [-0.4, -0.2) is 21.5 Å². The zero-order chi connectivity index (χ0) is 14.3. The molecule has 1 aromatic carbocycles. The van der Waals surface area contributed by atoms with Crippen LogP contribution in [-0.2, 0) is 10.7 Å². The Bertz CT molecular complexity index is 666. The highest BCUT2D eigenvalue weighted by Crippen LogP contribution is 2.26. The Morgan fingerprint density at radius 1 is 1.60 bits per heavy atom. The molecule has 1 unspecified atom stereocenters. The fourth-order valence-electron chi connectivity index (χ4n) is 2.32. The highest BCUT2D eigenvalue weighted by atomic mass is 35.5. The van der Waals surface area contributed by atoms with Gasteiger partial charge >= 0.3 is 0 Å². The fourth-order valence-corrected chi connectivity index (χ4v) is 2.51. The molecule has 106 valence electrons. The number of amides is 1. The van der Waals surface area contributed by atoms with Gasteiger partial charge in [-0.05, 0) is 31.9 Å². The molecule has 6 heteroatoms. The van der Waals surface area contributed by atoms with Crippen LogP contribution in [0.2, 0.25) is 0 Å². The lowest BCUT2D eigenvalue weighted by Gasteiger charge is -2.16. The first-order valence-corrected chi connectivity index (χ1v) is 7.17. The zero-order valence-corrected chi connectivity index (χ0v) is 11.8. The summed E-state index contributed by atoms with van der Waals surface area (Å²) in [6, 6.07) is 4.54. The summed E-state index contributed by atoms with van der Waals surface area (Å²) in [6.45, 7) is 1.78. The van der Waals surface area contributed by atoms with E-state index in [4.69, 9.17) is 11.6 Å². The topological polar surface area (TPSA) is 46.9 Å². The van der Waals surface area contributed by atoms with Crippen LogP contribution in [0.5, 0.6) is 0 Å². The Morgan fingerprint density at radius 3 is 3.00 bits per heavy atom. The van der Waals surface area contributed by atoms with Crippen LogP contribution in [0.25, 0.3) is 11.0 Å². The average molecular weight is 296 g/mol. The van der Waals surface area contributed by atoms with E-state index in [0.29, 0.717) is 11.3 Å². The second-order valence-corrected chi connectivity index (χ2v) is 5.37. The summed E-state index contributed by atoms with van der Waals surface area (Å²) in [5.74, 6) is 0.157. The van der Waals surface area contributed by atoms with E-state index in [2.05, 4.69) is 10.3 Å². The van der Waals surface area contributed by atoms with E-state index in [9.17, 15) is 9.18 Å². The van der Waals surface area contributed by atoms with Crippen molar-refractivity contribution in [2.45, 2.75) is 37.7 Å². The number of rotatable bonds is 4. The van der Waals surface area contributed by atoms with Crippen LogP contribution in [0.3, 0.4) is 0 Å². The molecule has 0 bridgehead atoms. The van der Waals surface area contributed by atoms with Gasteiger partial charge in [-0.25, -0.2) is 9.37 Å². The first-order valence-electron chi connectivity index (χ1n) is 6.63. The Morgan fingerprint density at radius 2 is 2.35 bits per heavy atom. The number of nitrogens with one attached hydrogen (secondary N) is 1. The van der Waals surface area contributed by atoms with E-state index in [1.165, 1.54) is 6.07 Å². The van der Waals surface area contributed by atoms with Crippen LogP contribution in [0.1, 0.15) is 31.6 Å². The molecule has 1 N–H and O–H groups in total. The smallest absolute Gasteiger partial charge is 0.243 e. The Hall–Kier alpha value is -1.62. The van der Waals surface area contributed by atoms with Gasteiger partial charge in [0.15, 0.2) is 5.82 Å². The molecule has 1 amide bonds. The quantitative estimate of drug-likeness (QED) is 0.882. The molecule has 1 saturated carbocycles. The van der Waals surface area contributed by atoms with E-state index in [1.54, 1.807) is 23.6 Å². The van der Waals surface area contributed by atoms with Gasteiger partial charge in [0.1, 0.15) is 17.4 Å². The summed E-state index contributed by atoms with van der Waals surface area (Å²) in [5, 5.41) is 2.95. The molecule has 1 aliphatic rings. The first-order chi connectivity index (χ1) is 9.61. The van der Waals surface area contributed by atoms with Gasteiger partial charge in [0.2, 0.25) is 5.91 Å². The van der Waals surface area contributed by atoms with Gasteiger partial charge in [0.05, 0.1) is 11.4 Å². The van der Waals surface area contributed by atoms with Crippen molar-refractivity contribution < 1.29 is 9.18 Å². The van der Waals surface area contributed by atoms with Gasteiger partial charge < -0.3 is 9.88 Å². The maximum atomic E-state index is 13.8. The lowest BCUT2D eigenvalue weighted by Crippen LogP contribution is -2.33. The normalized spacial score (nSPS) is 16.4. The highest BCUT2D eigenvalue weighted by molar-refractivity contribution is 6.17. The number of para-hydroxylation sites is 1. The van der Waals surface area contributed by atoms with Crippen LogP contribution in [0, 0.1) is 5.82 Å². The Kier molecular flexibility index (Phi) is 3.38. The predicted octanol–water partition coefficient (Wildman–Crippen LogP) is 2.75. The number of benzene rings is 1. The summed E-state index contributed by atoms with van der Waals surface area (Å²) in [4.78, 5) is 16.4. The third-order valence-electron chi connectivity index (χ3n) is 3.55. The second-order valence-electron chi connectivity index (χ2n) is 5.10. The number of halogens is 2. The number of hydrogen-bond acceptors (Lipinski definition) is 2. The Labute approximate surface area is 120 Å². The average Bonchev–Trinajstić information content (AvgIpc) is 3.16. The minimum Gasteiger partial charge on any atom is -0.352 e. The van der Waals surface area contributed by atoms with Crippen molar-refractivity contribution in [3.8, 4) is 0 Å². The molecule has 0 radical (unpaired) electrons. The number of alkyl halides is 1. The van der Waals surface area contributed by atoms with Crippen LogP contribution < -0.4 is 5.32 Å². The van der Waals surface area contributed by atoms with E-state index in [-0.39, 0.29) is 23.3 Å². The number of carbonyl (C=O) groups excluding carboxylic acids is 1. The Balaban J connectivity index is 2.04. The lowest BCUT2D eigenvalue weighted by molar-refractivity contribution is -0.123. The molecule has 0 spiro atoms. The molecule has 1 heterocycles. The van der Waals surface area contributed by atoms with Crippen LogP contribution in [0.15, 0.2) is 18.2 Å². The lowest BCUT2D eigenvalue weighted by atomic mass is 10.2. The summed E-state index contributed by atoms with van der Waals surface area (Å²) in [6.07, 6.45) is 2.06. The maximum absolute atomic E-state index is 13.8. The molecule has 3 rings (SSSR count). The number of imidazole rings is 1. The molecule has 1 fully saturated rings. The monoisotopic (exact) mass is 295 g/mol. The van der Waals surface area contributed by atoms with E-state index < -0.39 is 11.9 Å². The van der Waals surface area contributed by atoms with Gasteiger partial charge in [-0.15, -0.1) is 11.6 Å². The molecule has 4 nitrogen and oxygen atoms in total. The molecule has 2 aromatic rings. The number of nitrogens with zero attached hydrogens (tertiary/aromatic N) is 2. The third-order valence-corrected chi connectivity index (χ3v) is 3.79. The number of carbonyl (C=O) groups is 1. The third kappa shape index (κ3) is 2.26. The van der Waals surface area contributed by atoms with E-state index in [1.807, 2.05) is 0 Å². The molecule has 1 aromatic heterocycles. The van der Waals surface area contributed by atoms with Crippen molar-refractivity contribution in [3.63, 3.8) is 0 Å². The first kappa shape index (κ1) is 13.4. The SMILES string of the molecule is CC(C(=O)NC1CC1)n1c(CCl)nc2c(F)cccc21. The largest absolute Gasteiger partial charge is 0.352 e. The summed E-state index contributed by atoms with van der Waals surface area (Å²) in [7, 11) is 0. The van der Waals surface area contributed by atoms with Crippen molar-refractivity contribution in [2.24, 2.45) is 0 Å². The highest BCUT2D eigenvalue weighted by Gasteiger charge is 2.28. The van der Waals surface area contributed by atoms with Gasteiger partial charge in [0, 0.05) is 6.04 Å². The molecule has 20 heavy (non-hydrogen) atoms. The summed E-state index contributed by atoms with van der Waals surface area (Å²) < 4.78 is 15.5. The van der Waals surface area contributed by atoms with Crippen LogP contribution >= 0.6 is 11.6 Å². The minimum absolute atomic E-state index is 0.0811. The number of hydrogen-bond donors (Lipinski definition) is 1. The maximum Gasteiger partial charge on any atom is 0.243 e. The molecule has 0 aliphatic heterocycles. The second kappa shape index (κ2) is 5.05. The van der Waals surface area contributed by atoms with Gasteiger partial charge in [-0.3, -0.25) is 4.79 Å². The summed E-state index contributed by atoms with van der Waals surface area (Å²) >= 11 is 5.89. The molecule has 0 saturated heterocycles. The van der Waals surface area contributed by atoms with Crippen LogP contribution in [0.4, 0.5) is 4.39 Å². The van der Waals surface area contributed by atoms with Crippen molar-refractivity contribution in [3.05, 3.63) is 29.8 Å². The van der Waals surface area contributed by atoms with Crippen molar-refractivity contribution in [1.29, 1.82) is 0 Å². The minimum atomic E-state index is -0.462. The fraction of sp³-hybridized carbons (Fsp3) is 0.429. The number of aromatic nitrogens is 2. The molecular weight excluding hydrogens is 281 g/mol. The molecule has 1 aliphatic carbocycles. The van der Waals surface area contributed by atoms with Gasteiger partial charge in [-0.2, -0.15) is 0 Å². The van der Waals surface area contributed by atoms with Gasteiger partial charge in [-0.1, -0.05) is 6.07 Å². The molecule has 1 atom stereocenters. The standard InChI is InChI=1S/C14H15ClFN3O/c1-8(14(20)17-9-5-6-9)19-11-4-2-3-10(16)13(11)18-12(19)7-15/h2-4,8-9H,5-7H2,1H3,(H,17,20).